The van der Waals surface area contributed by atoms with Crippen molar-refractivity contribution in [3.05, 3.63) is 65.1 Å². The number of hydrogen-bond donors (Lipinski definition) is 1. The van der Waals surface area contributed by atoms with Gasteiger partial charge in [0.05, 0.1) is 23.3 Å². The molecule has 0 aromatic carbocycles. The topological polar surface area (TPSA) is 189 Å². The summed E-state index contributed by atoms with van der Waals surface area (Å²) in [4.78, 5) is 34.3. The number of carbonyl (C=O) groups excluding carboxylic acids is 2. The molecule has 2 radical (unpaired) electrons. The van der Waals surface area contributed by atoms with Crippen molar-refractivity contribution in [3.63, 3.8) is 0 Å². The molecule has 2 rings (SSSR count). The molecule has 25 heavy (non-hydrogen) atoms. The molecule has 0 aliphatic heterocycles. The summed E-state index contributed by atoms with van der Waals surface area (Å²) in [5, 5.41) is 35.3. The van der Waals surface area contributed by atoms with Crippen LogP contribution in [0.5, 0.6) is 0 Å². The minimum atomic E-state index is -1.24. The van der Waals surface area contributed by atoms with Gasteiger partial charge >= 0.3 is 19.5 Å². The van der Waals surface area contributed by atoms with Crippen LogP contribution >= 0.6 is 0 Å². The van der Waals surface area contributed by atoms with Crippen LogP contribution in [-0.2, 0) is 19.5 Å². The number of aromatic carboxylic acids is 2. The summed E-state index contributed by atoms with van der Waals surface area (Å²) in [7, 11) is 1.75. The van der Waals surface area contributed by atoms with E-state index < -0.39 is 11.9 Å². The van der Waals surface area contributed by atoms with E-state index in [0.29, 0.717) is 0 Å². The van der Waals surface area contributed by atoms with Crippen molar-refractivity contribution < 1.29 is 49.5 Å². The molecular formula is C14H15N3O7Ru. The second-order valence-corrected chi connectivity index (χ2v) is 3.00. The number of carboxylic acid groups (broad SMARTS) is 2. The van der Waals surface area contributed by atoms with Crippen LogP contribution in [-0.4, -0.2) is 41.2 Å². The summed E-state index contributed by atoms with van der Waals surface area (Å²) in [5.41, 5.74) is 5.69. The molecule has 136 valence electrons. The Hall–Kier alpha value is -2.62. The van der Waals surface area contributed by atoms with Gasteiger partial charge in [0, 0.05) is 19.5 Å². The Morgan fingerprint density at radius 2 is 1.12 bits per heavy atom. The molecule has 0 fully saturated rings. The van der Waals surface area contributed by atoms with E-state index in [9.17, 15) is 19.8 Å². The van der Waals surface area contributed by atoms with Gasteiger partial charge in [-0.2, -0.15) is 7.11 Å². The normalized spacial score (nSPS) is 7.04. The van der Waals surface area contributed by atoms with E-state index in [1.54, 1.807) is 24.3 Å². The number of aromatic nitrogens is 2. The number of rotatable bonds is 2. The van der Waals surface area contributed by atoms with Crippen molar-refractivity contribution in [2.24, 2.45) is 0 Å². The third-order valence-corrected chi connectivity index (χ3v) is 1.75. The molecule has 2 heterocycles. The molecular weight excluding hydrogens is 423 g/mol. The SMILES string of the molecule is CO.C[O-].O=C([O-])c1ccccn1.O=C([O-])c1ccccn1.[N]=O.[Ru+3]. The minimum absolute atomic E-state index is 0. The first-order valence-electron chi connectivity index (χ1n) is 5.90. The van der Waals surface area contributed by atoms with Gasteiger partial charge in [-0.1, -0.05) is 12.1 Å². The van der Waals surface area contributed by atoms with Gasteiger partial charge in [-0.15, -0.1) is 4.91 Å². The second kappa shape index (κ2) is 23.6. The van der Waals surface area contributed by atoms with E-state index in [4.69, 9.17) is 20.7 Å². The van der Waals surface area contributed by atoms with Crippen molar-refractivity contribution in [2.75, 3.05) is 14.2 Å². The van der Waals surface area contributed by atoms with Crippen molar-refractivity contribution in [3.8, 4) is 0 Å². The Morgan fingerprint density at radius 3 is 1.24 bits per heavy atom. The Labute approximate surface area is 156 Å². The van der Waals surface area contributed by atoms with E-state index >= 15 is 0 Å². The van der Waals surface area contributed by atoms with Gasteiger partial charge in [-0.3, -0.25) is 9.97 Å². The van der Waals surface area contributed by atoms with Crippen molar-refractivity contribution in [2.45, 2.75) is 0 Å². The fourth-order valence-corrected chi connectivity index (χ4v) is 0.967. The van der Waals surface area contributed by atoms with Gasteiger partial charge in [0.1, 0.15) is 5.59 Å². The maximum absolute atomic E-state index is 10.0. The number of aliphatic hydroxyl groups is 1. The van der Waals surface area contributed by atoms with Gasteiger partial charge in [0.2, 0.25) is 0 Å². The van der Waals surface area contributed by atoms with Crippen LogP contribution in [0.15, 0.2) is 48.8 Å². The number of nitrogens with zero attached hydrogens (tertiary/aromatic N) is 3. The zero-order chi connectivity index (χ0) is 19.4. The standard InChI is InChI=1S/2C6H5NO2.CH4O.CH3O.NO.Ru/c2*8-6(9)5-3-1-2-4-7-5;3*1-2;/h2*1-4H,(H,8,9);2H,1H3;1H3;;/q;;;-1;;+3/p-2. The fraction of sp³-hybridized carbons (Fsp3) is 0.143. The number of hydrogen-bond acceptors (Lipinski definition) is 9. The van der Waals surface area contributed by atoms with Gasteiger partial charge in [-0.25, -0.2) is 0 Å². The summed E-state index contributed by atoms with van der Waals surface area (Å²) in [6.45, 7) is 0. The summed E-state index contributed by atoms with van der Waals surface area (Å²) in [6, 6.07) is 9.25. The van der Waals surface area contributed by atoms with Crippen LogP contribution in [0.3, 0.4) is 0 Å². The Morgan fingerprint density at radius 1 is 0.840 bits per heavy atom. The largest absolute Gasteiger partial charge is 3.00 e. The van der Waals surface area contributed by atoms with Crippen LogP contribution in [0.25, 0.3) is 0 Å². The predicted molar refractivity (Wildman–Crippen MR) is 76.7 cm³/mol. The molecule has 0 amide bonds. The summed E-state index contributed by atoms with van der Waals surface area (Å²) >= 11 is 0. The third-order valence-electron chi connectivity index (χ3n) is 1.75. The zero-order valence-electron chi connectivity index (χ0n) is 13.2. The maximum atomic E-state index is 10.0. The molecule has 0 saturated heterocycles. The molecule has 1 N–H and O–H groups in total. The van der Waals surface area contributed by atoms with E-state index in [-0.39, 0.29) is 30.9 Å². The summed E-state index contributed by atoms with van der Waals surface area (Å²) < 4.78 is 0. The first-order valence-corrected chi connectivity index (χ1v) is 5.90. The van der Waals surface area contributed by atoms with Gasteiger partial charge in [-0.05, 0) is 24.3 Å². The van der Waals surface area contributed by atoms with E-state index in [0.717, 1.165) is 14.2 Å². The molecule has 2 aromatic heterocycles. The van der Waals surface area contributed by atoms with Crippen LogP contribution in [0.2, 0.25) is 0 Å². The quantitative estimate of drug-likeness (QED) is 0.477. The van der Waals surface area contributed by atoms with Crippen LogP contribution < -0.4 is 20.9 Å². The molecule has 0 unspecified atom stereocenters. The van der Waals surface area contributed by atoms with Crippen molar-refractivity contribution in [1.29, 1.82) is 0 Å². The Kier molecular flexibility index (Phi) is 28.6. The van der Waals surface area contributed by atoms with Gasteiger partial charge < -0.3 is 30.0 Å². The predicted octanol–water partition coefficient (Wildman–Crippen LogP) is -2.97. The molecule has 0 aliphatic carbocycles. The number of carboxylic acids is 2. The van der Waals surface area contributed by atoms with Crippen molar-refractivity contribution in [1.82, 2.24) is 15.6 Å². The van der Waals surface area contributed by atoms with Crippen LogP contribution in [0, 0.1) is 4.91 Å². The molecule has 0 saturated carbocycles. The van der Waals surface area contributed by atoms with Crippen LogP contribution in [0.1, 0.15) is 21.0 Å². The Bertz CT molecular complexity index is 495. The monoisotopic (exact) mass is 439 g/mol. The molecule has 0 atom stereocenters. The maximum Gasteiger partial charge on any atom is 3.00 e. The number of pyridine rings is 2. The number of nitroso groups, excluding NO2 is 1. The van der Waals surface area contributed by atoms with E-state index in [1.165, 1.54) is 24.5 Å². The minimum Gasteiger partial charge on any atom is -0.857 e. The summed E-state index contributed by atoms with van der Waals surface area (Å²) in [5.74, 6) is -2.48. The summed E-state index contributed by atoms with van der Waals surface area (Å²) in [6.07, 6.45) is 2.82. The zero-order valence-corrected chi connectivity index (χ0v) is 14.9. The molecule has 0 spiro atoms. The fourth-order valence-electron chi connectivity index (χ4n) is 0.967. The molecule has 2 aromatic rings. The van der Waals surface area contributed by atoms with Gasteiger partial charge in [0.15, 0.2) is 0 Å². The van der Waals surface area contributed by atoms with Crippen LogP contribution in [0.4, 0.5) is 0 Å². The van der Waals surface area contributed by atoms with E-state index in [2.05, 4.69) is 9.97 Å². The average Bonchev–Trinajstić information content (AvgIpc) is 2.68. The third kappa shape index (κ3) is 17.6. The number of carbonyl (C=O) groups is 2. The Balaban J connectivity index is -0.000000132. The molecule has 0 bridgehead atoms. The second-order valence-electron chi connectivity index (χ2n) is 3.00. The van der Waals surface area contributed by atoms with Crippen molar-refractivity contribution >= 4 is 11.9 Å². The van der Waals surface area contributed by atoms with Gasteiger partial charge in [0.25, 0.3) is 0 Å². The smallest absolute Gasteiger partial charge is 0.857 e. The number of aliphatic hydroxyl groups excluding tert-OH is 1. The average molecular weight is 438 g/mol. The first kappa shape index (κ1) is 30.3. The molecule has 10 nitrogen and oxygen atoms in total. The molecule has 0 aliphatic rings. The van der Waals surface area contributed by atoms with E-state index in [1.807, 2.05) is 0 Å². The molecule has 11 heteroatoms. The first-order chi connectivity index (χ1) is 11.6.